The Morgan fingerprint density at radius 3 is 2.14 bits per heavy atom. The molecule has 0 bridgehead atoms. The molecule has 1 aromatic heterocycles. The maximum Gasteiger partial charge on any atom is 0.295 e. The van der Waals surface area contributed by atoms with Crippen LogP contribution in [0.5, 0.6) is 0 Å². The van der Waals surface area contributed by atoms with Crippen molar-refractivity contribution in [2.45, 2.75) is 0 Å². The maximum atomic E-state index is 12.5. The molecule has 106 valence electrons. The SMILES string of the molecule is Cn1c(-c2ccccc2)c(N)c(=O)n1-c1ccc(N)cc1. The molecule has 0 aliphatic carbocycles. The lowest BCUT2D eigenvalue weighted by atomic mass is 10.1. The predicted molar refractivity (Wildman–Crippen MR) is 85.3 cm³/mol. The van der Waals surface area contributed by atoms with Gasteiger partial charge < -0.3 is 11.5 Å². The van der Waals surface area contributed by atoms with E-state index < -0.39 is 0 Å². The third-order valence-corrected chi connectivity index (χ3v) is 3.49. The fourth-order valence-electron chi connectivity index (χ4n) is 2.47. The van der Waals surface area contributed by atoms with Gasteiger partial charge in [0.25, 0.3) is 5.56 Å². The summed E-state index contributed by atoms with van der Waals surface area (Å²) in [6, 6.07) is 16.7. The molecule has 2 aromatic carbocycles. The average Bonchev–Trinajstić information content (AvgIpc) is 2.72. The van der Waals surface area contributed by atoms with Crippen LogP contribution in [0.15, 0.2) is 59.4 Å². The third kappa shape index (κ3) is 2.08. The van der Waals surface area contributed by atoms with Gasteiger partial charge in [-0.3, -0.25) is 9.48 Å². The Kier molecular flexibility index (Phi) is 3.02. The number of nitrogens with zero attached hydrogens (tertiary/aromatic N) is 2. The van der Waals surface area contributed by atoms with Crippen LogP contribution in [0, 0.1) is 0 Å². The van der Waals surface area contributed by atoms with Crippen molar-refractivity contribution in [2.24, 2.45) is 7.05 Å². The summed E-state index contributed by atoms with van der Waals surface area (Å²) in [4.78, 5) is 12.5. The van der Waals surface area contributed by atoms with Crippen molar-refractivity contribution in [3.05, 3.63) is 65.0 Å². The van der Waals surface area contributed by atoms with Crippen molar-refractivity contribution in [1.82, 2.24) is 9.36 Å². The highest BCUT2D eigenvalue weighted by atomic mass is 16.1. The first-order valence-corrected chi connectivity index (χ1v) is 6.58. The molecule has 0 fully saturated rings. The molecule has 21 heavy (non-hydrogen) atoms. The van der Waals surface area contributed by atoms with Gasteiger partial charge in [-0.1, -0.05) is 30.3 Å². The summed E-state index contributed by atoms with van der Waals surface area (Å²) in [6.45, 7) is 0. The van der Waals surface area contributed by atoms with Crippen LogP contribution in [0.4, 0.5) is 11.4 Å². The first-order chi connectivity index (χ1) is 10.1. The number of benzene rings is 2. The maximum absolute atomic E-state index is 12.5. The topological polar surface area (TPSA) is 79.0 Å². The normalized spacial score (nSPS) is 10.7. The Hall–Kier alpha value is -2.95. The van der Waals surface area contributed by atoms with Gasteiger partial charge in [0.05, 0.1) is 11.4 Å². The second-order valence-electron chi connectivity index (χ2n) is 4.86. The molecule has 0 saturated heterocycles. The minimum Gasteiger partial charge on any atom is -0.399 e. The van der Waals surface area contributed by atoms with Crippen LogP contribution in [-0.4, -0.2) is 9.36 Å². The lowest BCUT2D eigenvalue weighted by Crippen LogP contribution is -2.20. The van der Waals surface area contributed by atoms with Gasteiger partial charge in [0.15, 0.2) is 0 Å². The lowest BCUT2D eigenvalue weighted by Gasteiger charge is -2.10. The average molecular weight is 280 g/mol. The van der Waals surface area contributed by atoms with E-state index in [0.717, 1.165) is 11.3 Å². The van der Waals surface area contributed by atoms with Gasteiger partial charge in [0.1, 0.15) is 5.69 Å². The summed E-state index contributed by atoms with van der Waals surface area (Å²) < 4.78 is 3.30. The first-order valence-electron chi connectivity index (χ1n) is 6.58. The zero-order valence-corrected chi connectivity index (χ0v) is 11.7. The van der Waals surface area contributed by atoms with Crippen LogP contribution < -0.4 is 17.0 Å². The first kappa shape index (κ1) is 13.1. The van der Waals surface area contributed by atoms with Crippen molar-refractivity contribution in [2.75, 3.05) is 11.5 Å². The van der Waals surface area contributed by atoms with E-state index in [1.807, 2.05) is 37.4 Å². The predicted octanol–water partition coefficient (Wildman–Crippen LogP) is 2.01. The monoisotopic (exact) mass is 280 g/mol. The number of hydrogen-bond donors (Lipinski definition) is 2. The Balaban J connectivity index is 2.25. The van der Waals surface area contributed by atoms with E-state index in [1.54, 1.807) is 28.9 Å². The van der Waals surface area contributed by atoms with E-state index in [2.05, 4.69) is 0 Å². The smallest absolute Gasteiger partial charge is 0.295 e. The molecule has 5 nitrogen and oxygen atoms in total. The number of hydrogen-bond acceptors (Lipinski definition) is 3. The quantitative estimate of drug-likeness (QED) is 0.705. The molecule has 5 heteroatoms. The van der Waals surface area contributed by atoms with E-state index in [-0.39, 0.29) is 11.2 Å². The summed E-state index contributed by atoms with van der Waals surface area (Å²) >= 11 is 0. The summed E-state index contributed by atoms with van der Waals surface area (Å²) in [6.07, 6.45) is 0. The van der Waals surface area contributed by atoms with Crippen molar-refractivity contribution in [3.8, 4) is 16.9 Å². The molecular formula is C16H16N4O. The zero-order chi connectivity index (χ0) is 15.0. The van der Waals surface area contributed by atoms with Crippen LogP contribution in [-0.2, 0) is 7.05 Å². The largest absolute Gasteiger partial charge is 0.399 e. The van der Waals surface area contributed by atoms with Crippen molar-refractivity contribution in [3.63, 3.8) is 0 Å². The summed E-state index contributed by atoms with van der Waals surface area (Å²) in [5, 5.41) is 0. The van der Waals surface area contributed by atoms with Gasteiger partial charge in [0.2, 0.25) is 0 Å². The van der Waals surface area contributed by atoms with E-state index in [9.17, 15) is 4.79 Å². The van der Waals surface area contributed by atoms with Crippen LogP contribution in [0.2, 0.25) is 0 Å². The number of anilines is 2. The second kappa shape index (κ2) is 4.86. The molecule has 0 spiro atoms. The van der Waals surface area contributed by atoms with E-state index in [4.69, 9.17) is 11.5 Å². The molecule has 0 aliphatic heterocycles. The fourth-order valence-corrected chi connectivity index (χ4v) is 2.47. The molecule has 1 heterocycles. The second-order valence-corrected chi connectivity index (χ2v) is 4.86. The molecule has 0 amide bonds. The van der Waals surface area contributed by atoms with Gasteiger partial charge in [-0.15, -0.1) is 0 Å². The van der Waals surface area contributed by atoms with Crippen molar-refractivity contribution >= 4 is 11.4 Å². The summed E-state index contributed by atoms with van der Waals surface area (Å²) in [5.41, 5.74) is 14.7. The number of rotatable bonds is 2. The Morgan fingerprint density at radius 2 is 1.52 bits per heavy atom. The fraction of sp³-hybridized carbons (Fsp3) is 0.0625. The standard InChI is InChI=1S/C16H16N4O/c1-19-15(11-5-3-2-4-6-11)14(18)16(21)20(19)13-9-7-12(17)8-10-13/h2-10H,17-18H2,1H3. The van der Waals surface area contributed by atoms with Gasteiger partial charge in [-0.2, -0.15) is 0 Å². The van der Waals surface area contributed by atoms with E-state index in [1.165, 1.54) is 4.68 Å². The zero-order valence-electron chi connectivity index (χ0n) is 11.7. The molecule has 3 aromatic rings. The highest BCUT2D eigenvalue weighted by molar-refractivity contribution is 5.73. The molecule has 0 atom stereocenters. The van der Waals surface area contributed by atoms with E-state index >= 15 is 0 Å². The summed E-state index contributed by atoms with van der Waals surface area (Å²) in [5.74, 6) is 0. The van der Waals surface area contributed by atoms with Crippen molar-refractivity contribution in [1.29, 1.82) is 0 Å². The van der Waals surface area contributed by atoms with Crippen LogP contribution in [0.1, 0.15) is 0 Å². The summed E-state index contributed by atoms with van der Waals surface area (Å²) in [7, 11) is 1.82. The third-order valence-electron chi connectivity index (χ3n) is 3.49. The Morgan fingerprint density at radius 1 is 0.905 bits per heavy atom. The van der Waals surface area contributed by atoms with Gasteiger partial charge >= 0.3 is 0 Å². The molecule has 3 rings (SSSR count). The van der Waals surface area contributed by atoms with Crippen LogP contribution in [0.25, 0.3) is 16.9 Å². The molecule has 0 saturated carbocycles. The van der Waals surface area contributed by atoms with E-state index in [0.29, 0.717) is 11.4 Å². The highest BCUT2D eigenvalue weighted by Crippen LogP contribution is 2.24. The van der Waals surface area contributed by atoms with Crippen LogP contribution >= 0.6 is 0 Å². The number of nitrogen functional groups attached to an aromatic ring is 2. The molecular weight excluding hydrogens is 264 g/mol. The molecule has 4 N–H and O–H groups in total. The minimum absolute atomic E-state index is 0.235. The molecule has 0 aliphatic rings. The molecule has 0 unspecified atom stereocenters. The van der Waals surface area contributed by atoms with Gasteiger partial charge in [-0.25, -0.2) is 4.68 Å². The Labute approximate surface area is 122 Å². The minimum atomic E-state index is -0.235. The lowest BCUT2D eigenvalue weighted by molar-refractivity contribution is 0.652. The number of aromatic nitrogens is 2. The molecule has 0 radical (unpaired) electrons. The van der Waals surface area contributed by atoms with Crippen molar-refractivity contribution < 1.29 is 0 Å². The van der Waals surface area contributed by atoms with Gasteiger partial charge in [0, 0.05) is 18.3 Å². The Bertz CT molecular complexity index is 829. The highest BCUT2D eigenvalue weighted by Gasteiger charge is 2.17. The number of nitrogens with two attached hydrogens (primary N) is 2. The van der Waals surface area contributed by atoms with Gasteiger partial charge in [-0.05, 0) is 24.3 Å². The van der Waals surface area contributed by atoms with Crippen LogP contribution in [0.3, 0.4) is 0 Å².